The molecule has 0 radical (unpaired) electrons. The molecule has 0 saturated heterocycles. The van der Waals surface area contributed by atoms with Crippen LogP contribution in [0.15, 0.2) is 48.8 Å². The number of alkyl halides is 3. The van der Waals surface area contributed by atoms with Crippen molar-refractivity contribution in [1.82, 2.24) is 29.7 Å². The fourth-order valence-corrected chi connectivity index (χ4v) is 3.98. The maximum Gasteiger partial charge on any atom is 0.390 e. The van der Waals surface area contributed by atoms with Crippen molar-refractivity contribution >= 4 is 28.5 Å². The zero-order valence-corrected chi connectivity index (χ0v) is 19.1. The number of aromatic nitrogens is 5. The number of anilines is 1. The number of nitrogens with zero attached hydrogens (tertiary/aromatic N) is 5. The van der Waals surface area contributed by atoms with E-state index in [1.54, 1.807) is 40.8 Å². The first-order valence-electron chi connectivity index (χ1n) is 10.9. The molecule has 1 aromatic carbocycles. The smallest absolute Gasteiger partial charge is 0.382 e. The fraction of sp³-hybridized carbons (Fsp3) is 0.304. The third-order valence-corrected chi connectivity index (χ3v) is 5.98. The van der Waals surface area contributed by atoms with Gasteiger partial charge in [0.05, 0.1) is 29.7 Å². The molecule has 1 saturated carbocycles. The van der Waals surface area contributed by atoms with Crippen LogP contribution in [0.25, 0.3) is 28.3 Å². The Bertz CT molecular complexity index is 1340. The van der Waals surface area contributed by atoms with Gasteiger partial charge >= 0.3 is 6.18 Å². The van der Waals surface area contributed by atoms with E-state index in [9.17, 15) is 13.2 Å². The van der Waals surface area contributed by atoms with Gasteiger partial charge in [-0.3, -0.25) is 4.68 Å². The maximum absolute atomic E-state index is 12.7. The quantitative estimate of drug-likeness (QED) is 0.373. The van der Waals surface area contributed by atoms with E-state index >= 15 is 0 Å². The van der Waals surface area contributed by atoms with Crippen LogP contribution in [0.5, 0.6) is 0 Å². The molecule has 3 aromatic heterocycles. The van der Waals surface area contributed by atoms with Crippen LogP contribution in [0, 0.1) is 0 Å². The molecule has 1 aliphatic carbocycles. The molecule has 2 N–H and O–H groups in total. The molecule has 7 nitrogen and oxygen atoms in total. The number of nitrogens with one attached hydrogen (secondary N) is 2. The molecule has 34 heavy (non-hydrogen) atoms. The Kier molecular flexibility index (Phi) is 5.72. The lowest BCUT2D eigenvalue weighted by atomic mass is 10.1. The summed E-state index contributed by atoms with van der Waals surface area (Å²) >= 11 is 5.48. The lowest BCUT2D eigenvalue weighted by Gasteiger charge is -2.12. The Balaban J connectivity index is 1.51. The van der Waals surface area contributed by atoms with Crippen LogP contribution in [0.3, 0.4) is 0 Å². The number of thiocarbonyl (C=S) groups is 1. The fourth-order valence-electron chi connectivity index (χ4n) is 3.67. The van der Waals surface area contributed by atoms with Crippen LogP contribution in [0.1, 0.15) is 24.8 Å². The highest BCUT2D eigenvalue weighted by Crippen LogP contribution is 2.29. The van der Waals surface area contributed by atoms with Gasteiger partial charge in [0.15, 0.2) is 5.65 Å². The van der Waals surface area contributed by atoms with Gasteiger partial charge in [-0.2, -0.15) is 23.4 Å². The highest BCUT2D eigenvalue weighted by Gasteiger charge is 2.26. The average molecular weight is 486 g/mol. The van der Waals surface area contributed by atoms with Crippen molar-refractivity contribution in [2.24, 2.45) is 7.05 Å². The van der Waals surface area contributed by atoms with Crippen LogP contribution in [-0.4, -0.2) is 48.1 Å². The zero-order valence-electron chi connectivity index (χ0n) is 18.3. The molecule has 0 spiro atoms. The largest absolute Gasteiger partial charge is 0.390 e. The lowest BCUT2D eigenvalue weighted by Crippen LogP contribution is -2.24. The minimum Gasteiger partial charge on any atom is -0.382 e. The number of aryl methyl sites for hydroxylation is 1. The normalized spacial score (nSPS) is 13.9. The predicted octanol–water partition coefficient (Wildman–Crippen LogP) is 4.59. The van der Waals surface area contributed by atoms with E-state index in [0.717, 1.165) is 34.7 Å². The van der Waals surface area contributed by atoms with Gasteiger partial charge in [0, 0.05) is 37.0 Å². The van der Waals surface area contributed by atoms with Crippen LogP contribution in [0.4, 0.5) is 18.9 Å². The molecular formula is C23H22F3N7S. The van der Waals surface area contributed by atoms with E-state index in [2.05, 4.69) is 20.7 Å². The summed E-state index contributed by atoms with van der Waals surface area (Å²) < 4.78 is 41.5. The van der Waals surface area contributed by atoms with Gasteiger partial charge in [0.25, 0.3) is 0 Å². The highest BCUT2D eigenvalue weighted by atomic mass is 32.1. The summed E-state index contributed by atoms with van der Waals surface area (Å²) in [6.45, 7) is -0.268. The van der Waals surface area contributed by atoms with Gasteiger partial charge in [-0.25, -0.2) is 9.50 Å². The lowest BCUT2D eigenvalue weighted by molar-refractivity contribution is -0.131. The van der Waals surface area contributed by atoms with E-state index in [4.69, 9.17) is 17.3 Å². The number of hydrogen-bond acceptors (Lipinski definition) is 5. The van der Waals surface area contributed by atoms with Crippen LogP contribution in [0.2, 0.25) is 0 Å². The molecule has 0 aliphatic heterocycles. The second-order valence-electron chi connectivity index (χ2n) is 8.28. The third kappa shape index (κ3) is 4.74. The maximum atomic E-state index is 12.7. The standard InChI is InChI=1S/C23H22F3N7S/c1-32-19(8-10-29-32)17-12-18(27-11-9-23(24,25)26)21-28-13-20(33(21)31-17)14-2-4-15(5-3-14)22(34)30-16-6-7-16/h2-5,8,10,12-13,16,27H,6-7,9,11H2,1H3,(H,30,34). The molecule has 1 fully saturated rings. The topological polar surface area (TPSA) is 72.1 Å². The first kappa shape index (κ1) is 22.3. The Hall–Kier alpha value is -3.47. The predicted molar refractivity (Wildman–Crippen MR) is 128 cm³/mol. The van der Waals surface area contributed by atoms with Crippen LogP contribution >= 0.6 is 12.2 Å². The molecule has 176 valence electrons. The molecule has 0 bridgehead atoms. The van der Waals surface area contributed by atoms with Gasteiger partial charge < -0.3 is 10.6 Å². The van der Waals surface area contributed by atoms with Gasteiger partial charge in [0.2, 0.25) is 0 Å². The SMILES string of the molecule is Cn1nccc1-c1cc(NCCC(F)(F)F)c2ncc(-c3ccc(C(=S)NC4CC4)cc3)n2n1. The molecule has 0 unspecified atom stereocenters. The van der Waals surface area contributed by atoms with Crippen molar-refractivity contribution in [2.75, 3.05) is 11.9 Å². The van der Waals surface area contributed by atoms with Gasteiger partial charge in [-0.15, -0.1) is 0 Å². The molecular weight excluding hydrogens is 463 g/mol. The summed E-state index contributed by atoms with van der Waals surface area (Å²) in [7, 11) is 1.78. The van der Waals surface area contributed by atoms with Crippen molar-refractivity contribution in [3.8, 4) is 22.6 Å². The number of benzene rings is 1. The minimum absolute atomic E-state index is 0.268. The van der Waals surface area contributed by atoms with E-state index < -0.39 is 12.6 Å². The summed E-state index contributed by atoms with van der Waals surface area (Å²) in [5.41, 5.74) is 4.70. The number of halogens is 3. The van der Waals surface area contributed by atoms with Crippen molar-refractivity contribution in [3.05, 3.63) is 54.4 Å². The van der Waals surface area contributed by atoms with Crippen LogP contribution in [-0.2, 0) is 7.05 Å². The summed E-state index contributed by atoms with van der Waals surface area (Å²) in [5, 5.41) is 15.1. The molecule has 0 amide bonds. The summed E-state index contributed by atoms with van der Waals surface area (Å²) in [6, 6.07) is 11.7. The minimum atomic E-state index is -4.25. The zero-order chi connectivity index (χ0) is 23.9. The number of fused-ring (bicyclic) bond motifs is 1. The van der Waals surface area contributed by atoms with Crippen molar-refractivity contribution in [1.29, 1.82) is 0 Å². The van der Waals surface area contributed by atoms with E-state index in [1.807, 2.05) is 24.3 Å². The van der Waals surface area contributed by atoms with E-state index in [1.165, 1.54) is 0 Å². The van der Waals surface area contributed by atoms with Gasteiger partial charge in [-0.1, -0.05) is 36.5 Å². The second-order valence-corrected chi connectivity index (χ2v) is 8.69. The van der Waals surface area contributed by atoms with Crippen molar-refractivity contribution in [3.63, 3.8) is 0 Å². The van der Waals surface area contributed by atoms with Crippen molar-refractivity contribution in [2.45, 2.75) is 31.5 Å². The Morgan fingerprint density at radius 2 is 1.91 bits per heavy atom. The molecule has 0 atom stereocenters. The first-order chi connectivity index (χ1) is 16.3. The molecule has 5 rings (SSSR count). The molecule has 4 aromatic rings. The molecule has 1 aliphatic rings. The van der Waals surface area contributed by atoms with Gasteiger partial charge in [-0.05, 0) is 25.0 Å². The molecule has 11 heteroatoms. The Morgan fingerprint density at radius 3 is 2.56 bits per heavy atom. The first-order valence-corrected chi connectivity index (χ1v) is 11.3. The third-order valence-electron chi connectivity index (χ3n) is 5.63. The average Bonchev–Trinajstić information content (AvgIpc) is 3.33. The highest BCUT2D eigenvalue weighted by molar-refractivity contribution is 7.80. The number of imidazole rings is 1. The number of hydrogen-bond donors (Lipinski definition) is 2. The van der Waals surface area contributed by atoms with Crippen LogP contribution < -0.4 is 10.6 Å². The number of rotatable bonds is 7. The summed E-state index contributed by atoms with van der Waals surface area (Å²) in [5.74, 6) is 0. The van der Waals surface area contributed by atoms with Gasteiger partial charge in [0.1, 0.15) is 10.7 Å². The monoisotopic (exact) mass is 485 g/mol. The second kappa shape index (κ2) is 8.71. The molecule has 3 heterocycles. The van der Waals surface area contributed by atoms with Crippen molar-refractivity contribution < 1.29 is 13.2 Å². The Morgan fingerprint density at radius 1 is 1.15 bits per heavy atom. The van der Waals surface area contributed by atoms with E-state index in [-0.39, 0.29) is 6.54 Å². The van der Waals surface area contributed by atoms with E-state index in [0.29, 0.717) is 28.8 Å². The Labute approximate surface area is 199 Å². The summed E-state index contributed by atoms with van der Waals surface area (Å²) in [4.78, 5) is 5.18. The summed E-state index contributed by atoms with van der Waals surface area (Å²) in [6.07, 6.45) is 0.392.